The highest BCUT2D eigenvalue weighted by Gasteiger charge is 2.43. The molecule has 46 heavy (non-hydrogen) atoms. The molecule has 246 valence electrons. The Morgan fingerprint density at radius 3 is 2.43 bits per heavy atom. The number of aromatic amines is 2. The Kier molecular flexibility index (Phi) is 9.95. The summed E-state index contributed by atoms with van der Waals surface area (Å²) in [5.41, 5.74) is 5.51. The molecule has 0 radical (unpaired) electrons. The molecule has 6 atom stereocenters. The van der Waals surface area contributed by atoms with Crippen molar-refractivity contribution in [3.8, 4) is 0 Å². The Morgan fingerprint density at radius 1 is 1.09 bits per heavy atom. The summed E-state index contributed by atoms with van der Waals surface area (Å²) < 4.78 is 0. The lowest BCUT2D eigenvalue weighted by molar-refractivity contribution is -0.137. The lowest BCUT2D eigenvalue weighted by Gasteiger charge is -2.25. The van der Waals surface area contributed by atoms with E-state index in [1.54, 1.807) is 24.8 Å². The van der Waals surface area contributed by atoms with Crippen molar-refractivity contribution in [2.24, 2.45) is 11.8 Å². The first-order valence-corrected chi connectivity index (χ1v) is 17.0. The molecule has 3 aliphatic rings. The Morgan fingerprint density at radius 2 is 1.80 bits per heavy atom. The van der Waals surface area contributed by atoms with Crippen LogP contribution < -0.4 is 21.3 Å². The van der Waals surface area contributed by atoms with Crippen molar-refractivity contribution in [2.45, 2.75) is 70.4 Å². The molecule has 0 aromatic carbocycles. The van der Waals surface area contributed by atoms with E-state index < -0.39 is 24.1 Å². The zero-order valence-electron chi connectivity index (χ0n) is 26.1. The van der Waals surface area contributed by atoms with Gasteiger partial charge in [0.05, 0.1) is 17.8 Å². The Labute approximate surface area is 276 Å². The second-order valence-corrected chi connectivity index (χ2v) is 13.9. The number of nitrogens with one attached hydrogen (secondary N) is 4. The van der Waals surface area contributed by atoms with Crippen LogP contribution in [0, 0.1) is 25.7 Å². The first kappa shape index (κ1) is 33.7. The largest absolute Gasteiger partial charge is 0.481 e. The summed E-state index contributed by atoms with van der Waals surface area (Å²) in [5.74, 6) is -1.25. The first-order chi connectivity index (χ1) is 21.8. The standard InChI is InChI=1S/C33H40N4O7S2/c1-14-18(5-7-26(38)39)23(34-21(14)11-22-17(4)28(25-13-46-25)33(44)36-22)12-24-19(6-8-27(40)41)15(2)29(35-24)31(42)30-20(9-10-45)16(3)32(43)37-30/h6,8,11-12,16,20,22,25,30-31,34-35,42,45H,5,7,9-10,13H2,1-4H3,(H,36,44)(H,37,43)(H,38,39)(H,40,41)/b8-6+,21-11+,23-12-/t16-,20-,22-,25-,30?,31+/m1/s1. The molecular formula is C33H40N4O7S2. The van der Waals surface area contributed by atoms with Crippen molar-refractivity contribution in [2.75, 3.05) is 11.5 Å². The van der Waals surface area contributed by atoms with Gasteiger partial charge < -0.3 is 35.9 Å². The van der Waals surface area contributed by atoms with Gasteiger partial charge in [-0.25, -0.2) is 4.79 Å². The fourth-order valence-corrected chi connectivity index (χ4v) is 7.72. The fraction of sp³-hybridized carbons (Fsp3) is 0.455. The fourth-order valence-electron chi connectivity index (χ4n) is 6.70. The van der Waals surface area contributed by atoms with E-state index in [0.29, 0.717) is 40.0 Å². The third-order valence-electron chi connectivity index (χ3n) is 9.42. The number of aliphatic hydroxyl groups excluding tert-OH is 1. The van der Waals surface area contributed by atoms with Crippen molar-refractivity contribution in [1.82, 2.24) is 20.6 Å². The number of carboxylic acid groups (broad SMARTS) is 2. The number of carbonyl (C=O) groups is 4. The van der Waals surface area contributed by atoms with E-state index in [-0.39, 0.29) is 47.8 Å². The van der Waals surface area contributed by atoms with E-state index in [1.807, 2.05) is 26.8 Å². The van der Waals surface area contributed by atoms with Crippen LogP contribution in [0.2, 0.25) is 0 Å². The number of amides is 2. The molecular weight excluding hydrogens is 629 g/mol. The summed E-state index contributed by atoms with van der Waals surface area (Å²) in [4.78, 5) is 55.0. The minimum absolute atomic E-state index is 0.0666. The average molecular weight is 669 g/mol. The maximum Gasteiger partial charge on any atom is 0.328 e. The molecule has 1 unspecified atom stereocenters. The zero-order valence-corrected chi connectivity index (χ0v) is 27.9. The molecule has 7 N–H and O–H groups in total. The molecule has 5 rings (SSSR count). The Bertz CT molecular complexity index is 1770. The molecule has 2 amide bonds. The van der Waals surface area contributed by atoms with E-state index in [9.17, 15) is 34.5 Å². The lowest BCUT2D eigenvalue weighted by atomic mass is 9.85. The minimum atomic E-state index is -1.14. The Hall–Kier alpha value is -3.68. The number of carbonyl (C=O) groups excluding carboxylic acids is 2. The number of carboxylic acids is 2. The van der Waals surface area contributed by atoms with E-state index >= 15 is 0 Å². The number of aromatic nitrogens is 2. The monoisotopic (exact) mass is 668 g/mol. The summed E-state index contributed by atoms with van der Waals surface area (Å²) in [6, 6.07) is -0.868. The molecule has 13 heteroatoms. The quantitative estimate of drug-likeness (QED) is 0.0955. The highest BCUT2D eigenvalue weighted by atomic mass is 32.2. The number of hydrogen-bond acceptors (Lipinski definition) is 7. The smallest absolute Gasteiger partial charge is 0.328 e. The summed E-state index contributed by atoms with van der Waals surface area (Å²) >= 11 is 6.09. The molecule has 11 nitrogen and oxygen atoms in total. The van der Waals surface area contributed by atoms with Gasteiger partial charge in [0.15, 0.2) is 0 Å². The van der Waals surface area contributed by atoms with Gasteiger partial charge in [0, 0.05) is 56.9 Å². The minimum Gasteiger partial charge on any atom is -0.481 e. The molecule has 2 saturated heterocycles. The number of aliphatic carboxylic acids is 2. The second-order valence-electron chi connectivity index (χ2n) is 12.2. The van der Waals surface area contributed by atoms with Crippen LogP contribution >= 0.6 is 24.4 Å². The third-order valence-corrected chi connectivity index (χ3v) is 10.6. The summed E-state index contributed by atoms with van der Waals surface area (Å²) in [5, 5.41) is 38.1. The maximum absolute atomic E-state index is 12.7. The molecule has 3 aliphatic heterocycles. The van der Waals surface area contributed by atoms with Crippen molar-refractivity contribution >= 4 is 66.4 Å². The molecule has 0 saturated carbocycles. The van der Waals surface area contributed by atoms with E-state index in [0.717, 1.165) is 39.5 Å². The van der Waals surface area contributed by atoms with Crippen molar-refractivity contribution in [1.29, 1.82) is 0 Å². The number of thiol groups is 1. The number of thioether (sulfide) groups is 1. The topological polar surface area (TPSA) is 185 Å². The Balaban J connectivity index is 1.63. The van der Waals surface area contributed by atoms with Crippen molar-refractivity contribution in [3.05, 3.63) is 61.6 Å². The van der Waals surface area contributed by atoms with E-state index in [4.69, 9.17) is 0 Å². The summed E-state index contributed by atoms with van der Waals surface area (Å²) in [6.07, 6.45) is 5.86. The van der Waals surface area contributed by atoms with Crippen LogP contribution in [0.15, 0.2) is 17.2 Å². The highest BCUT2D eigenvalue weighted by Crippen LogP contribution is 2.40. The van der Waals surface area contributed by atoms with Crippen LogP contribution in [0.25, 0.3) is 18.2 Å². The van der Waals surface area contributed by atoms with Gasteiger partial charge >= 0.3 is 11.9 Å². The molecule has 0 aliphatic carbocycles. The van der Waals surface area contributed by atoms with Crippen LogP contribution in [0.3, 0.4) is 0 Å². The predicted octanol–water partition coefficient (Wildman–Crippen LogP) is 1.72. The van der Waals surface area contributed by atoms with Gasteiger partial charge in [-0.15, -0.1) is 0 Å². The molecule has 2 aromatic rings. The van der Waals surface area contributed by atoms with Crippen molar-refractivity contribution < 1.29 is 34.5 Å². The van der Waals surface area contributed by atoms with Gasteiger partial charge in [0.2, 0.25) is 11.8 Å². The molecule has 2 aromatic heterocycles. The van der Waals surface area contributed by atoms with Gasteiger partial charge in [-0.3, -0.25) is 14.4 Å². The molecule has 0 bridgehead atoms. The molecule has 0 spiro atoms. The SMILES string of the molecule is CC1=C([C@H]2CS2)C(=O)N[C@@H]1/C=c1/[nH]/c(=C\c2[nH]c([C@H](O)C3NC(=O)[C@H](C)[C@H]3CCS)c(C)c2/C=C/C(=O)O)c(CCC(=O)O)c1C. The van der Waals surface area contributed by atoms with Crippen molar-refractivity contribution in [3.63, 3.8) is 0 Å². The summed E-state index contributed by atoms with van der Waals surface area (Å²) in [6.45, 7) is 7.46. The van der Waals surface area contributed by atoms with Gasteiger partial charge in [0.25, 0.3) is 0 Å². The number of hydrogen-bond donors (Lipinski definition) is 8. The highest BCUT2D eigenvalue weighted by molar-refractivity contribution is 8.07. The van der Waals surface area contributed by atoms with E-state index in [1.165, 1.54) is 6.08 Å². The lowest BCUT2D eigenvalue weighted by Crippen LogP contribution is -2.36. The summed E-state index contributed by atoms with van der Waals surface area (Å²) in [7, 11) is 0. The average Bonchev–Trinajstić information content (AvgIpc) is 3.55. The van der Waals surface area contributed by atoms with Crippen LogP contribution in [0.4, 0.5) is 0 Å². The first-order valence-electron chi connectivity index (χ1n) is 15.3. The van der Waals surface area contributed by atoms with Crippen LogP contribution in [0.5, 0.6) is 0 Å². The van der Waals surface area contributed by atoms with Gasteiger partial charge in [-0.1, -0.05) is 6.92 Å². The zero-order chi connectivity index (χ0) is 33.4. The van der Waals surface area contributed by atoms with Crippen LogP contribution in [-0.2, 0) is 25.6 Å². The second kappa shape index (κ2) is 13.6. The normalized spacial score (nSPS) is 25.9. The van der Waals surface area contributed by atoms with Gasteiger partial charge in [-0.2, -0.15) is 24.4 Å². The third kappa shape index (κ3) is 6.72. The van der Waals surface area contributed by atoms with E-state index in [2.05, 4.69) is 33.2 Å². The number of H-pyrrole nitrogens is 2. The number of aliphatic hydroxyl groups is 1. The maximum atomic E-state index is 12.7. The number of rotatable bonds is 12. The van der Waals surface area contributed by atoms with Crippen LogP contribution in [-0.4, -0.2) is 77.9 Å². The molecule has 2 fully saturated rings. The predicted molar refractivity (Wildman–Crippen MR) is 180 cm³/mol. The van der Waals surface area contributed by atoms with Gasteiger partial charge in [-0.05, 0) is 85.8 Å². The molecule has 5 heterocycles. The van der Waals surface area contributed by atoms with Crippen LogP contribution in [0.1, 0.15) is 66.4 Å². The van der Waals surface area contributed by atoms with Gasteiger partial charge in [0.1, 0.15) is 6.10 Å².